The molecule has 0 saturated heterocycles. The highest BCUT2D eigenvalue weighted by atomic mass is 32.2. The molecule has 0 fully saturated rings. The molecule has 0 spiro atoms. The molecule has 4 N–H and O–H groups in total. The van der Waals surface area contributed by atoms with Gasteiger partial charge < -0.3 is 15.6 Å². The van der Waals surface area contributed by atoms with Gasteiger partial charge in [0.05, 0.1) is 19.6 Å². The molecule has 0 aliphatic heterocycles. The molecule has 0 radical (unpaired) electrons. The maximum Gasteiger partial charge on any atom is 0.327 e. The smallest absolute Gasteiger partial charge is 0.327 e. The predicted octanol–water partition coefficient (Wildman–Crippen LogP) is 1.97. The van der Waals surface area contributed by atoms with E-state index < -0.39 is 33.7 Å². The van der Waals surface area contributed by atoms with Gasteiger partial charge in [-0.2, -0.15) is 8.42 Å². The normalized spacial score (nSPS) is 13.7. The third-order valence-corrected chi connectivity index (χ3v) is 3.37. The largest absolute Gasteiger partial charge is 0.465 e. The first-order valence-corrected chi connectivity index (χ1v) is 8.41. The van der Waals surface area contributed by atoms with Crippen molar-refractivity contribution < 1.29 is 32.0 Å². The number of carbonyl (C=O) groups is 2. The van der Waals surface area contributed by atoms with Crippen molar-refractivity contribution in [3.8, 4) is 0 Å². The first-order valence-electron chi connectivity index (χ1n) is 6.90. The van der Waals surface area contributed by atoms with Crippen LogP contribution in [0.1, 0.15) is 48.0 Å². The number of carbonyl (C=O) groups excluding carboxylic acids is 2. The second kappa shape index (κ2) is 8.60. The van der Waals surface area contributed by atoms with Crippen LogP contribution in [0.4, 0.5) is 0 Å². The summed E-state index contributed by atoms with van der Waals surface area (Å²) >= 11 is 0. The summed E-state index contributed by atoms with van der Waals surface area (Å²) in [6.07, 6.45) is -0.780. The van der Waals surface area contributed by atoms with Crippen molar-refractivity contribution in [2.24, 2.45) is 10.8 Å². The summed E-state index contributed by atoms with van der Waals surface area (Å²) < 4.78 is 41.4. The highest BCUT2D eigenvalue weighted by Crippen LogP contribution is 2.17. The minimum absolute atomic E-state index is 0. The van der Waals surface area contributed by atoms with Gasteiger partial charge in [-0.3, -0.25) is 14.1 Å². The third kappa shape index (κ3) is 12.0. The van der Waals surface area contributed by atoms with Crippen molar-refractivity contribution in [1.29, 1.82) is 0 Å². The van der Waals surface area contributed by atoms with Crippen LogP contribution in [-0.4, -0.2) is 43.4 Å². The third-order valence-electron chi connectivity index (χ3n) is 2.29. The van der Waals surface area contributed by atoms with Crippen LogP contribution in [0.2, 0.25) is 0 Å². The van der Waals surface area contributed by atoms with E-state index in [-0.39, 0.29) is 30.2 Å². The van der Waals surface area contributed by atoms with Gasteiger partial charge in [-0.1, -0.05) is 41.5 Å². The molecule has 23 heavy (non-hydrogen) atoms. The lowest BCUT2D eigenvalue weighted by Crippen LogP contribution is -2.36. The SMILES string of the molecule is CC(C)(C)COC(=O)CC(C(=O)OCC(C)(C)C)S(=O)(=O)O.N. The Hall–Kier alpha value is -1.19. The van der Waals surface area contributed by atoms with Crippen LogP contribution in [0, 0.1) is 10.8 Å². The van der Waals surface area contributed by atoms with E-state index in [1.165, 1.54) is 0 Å². The van der Waals surface area contributed by atoms with Crippen LogP contribution in [0.15, 0.2) is 0 Å². The summed E-state index contributed by atoms with van der Waals surface area (Å²) in [5.41, 5.74) is -0.665. The summed E-state index contributed by atoms with van der Waals surface area (Å²) in [7, 11) is -4.76. The van der Waals surface area contributed by atoms with Gasteiger partial charge in [0.15, 0.2) is 5.25 Å². The molecule has 0 bridgehead atoms. The van der Waals surface area contributed by atoms with Gasteiger partial charge in [-0.05, 0) is 10.8 Å². The van der Waals surface area contributed by atoms with E-state index in [2.05, 4.69) is 0 Å². The highest BCUT2D eigenvalue weighted by Gasteiger charge is 2.36. The Morgan fingerprint density at radius 2 is 1.35 bits per heavy atom. The van der Waals surface area contributed by atoms with E-state index in [0.717, 1.165) is 0 Å². The highest BCUT2D eigenvalue weighted by molar-refractivity contribution is 7.87. The van der Waals surface area contributed by atoms with Gasteiger partial charge in [0.1, 0.15) is 0 Å². The van der Waals surface area contributed by atoms with Gasteiger partial charge in [-0.15, -0.1) is 0 Å². The standard InChI is InChI=1S/C14H26O7S.H3N/c1-13(2,3)8-20-11(15)7-10(22(17,18)19)12(16)21-9-14(4,5)6;/h10H,7-9H2,1-6H3,(H,17,18,19);1H3. The average molecular weight is 355 g/mol. The number of hydrogen-bond donors (Lipinski definition) is 2. The van der Waals surface area contributed by atoms with Crippen molar-refractivity contribution in [1.82, 2.24) is 6.15 Å². The van der Waals surface area contributed by atoms with E-state index in [1.807, 2.05) is 20.8 Å². The molecule has 138 valence electrons. The lowest BCUT2D eigenvalue weighted by molar-refractivity contribution is -0.152. The van der Waals surface area contributed by atoms with Crippen molar-refractivity contribution in [3.63, 3.8) is 0 Å². The van der Waals surface area contributed by atoms with E-state index >= 15 is 0 Å². The van der Waals surface area contributed by atoms with E-state index in [4.69, 9.17) is 14.0 Å². The van der Waals surface area contributed by atoms with Crippen LogP contribution >= 0.6 is 0 Å². The summed E-state index contributed by atoms with van der Waals surface area (Å²) in [5.74, 6) is -2.05. The van der Waals surface area contributed by atoms with Crippen LogP contribution in [0.3, 0.4) is 0 Å². The molecule has 0 aliphatic rings. The zero-order chi connectivity index (χ0) is 17.8. The van der Waals surface area contributed by atoms with Crippen LogP contribution in [0.5, 0.6) is 0 Å². The molecule has 1 unspecified atom stereocenters. The van der Waals surface area contributed by atoms with Crippen LogP contribution in [-0.2, 0) is 29.2 Å². The van der Waals surface area contributed by atoms with Gasteiger partial charge in [0, 0.05) is 0 Å². The Bertz CT molecular complexity index is 500. The second-order valence-electron chi connectivity index (χ2n) is 7.60. The topological polar surface area (TPSA) is 142 Å². The minimum Gasteiger partial charge on any atom is -0.465 e. The second-order valence-corrected chi connectivity index (χ2v) is 9.20. The molecule has 0 aromatic carbocycles. The number of hydrogen-bond acceptors (Lipinski definition) is 7. The zero-order valence-corrected chi connectivity index (χ0v) is 15.5. The van der Waals surface area contributed by atoms with Crippen LogP contribution in [0.25, 0.3) is 0 Å². The monoisotopic (exact) mass is 355 g/mol. The molecular weight excluding hydrogens is 326 g/mol. The first-order chi connectivity index (χ1) is 9.62. The molecule has 0 rings (SSSR count). The fraction of sp³-hybridized carbons (Fsp3) is 0.857. The molecule has 9 heteroatoms. The summed E-state index contributed by atoms with van der Waals surface area (Å²) in [4.78, 5) is 23.5. The van der Waals surface area contributed by atoms with Crippen molar-refractivity contribution in [3.05, 3.63) is 0 Å². The maximum atomic E-state index is 11.8. The molecule has 8 nitrogen and oxygen atoms in total. The summed E-state index contributed by atoms with van der Waals surface area (Å²) in [5, 5.41) is -1.97. The Kier molecular flexibility index (Phi) is 9.00. The lowest BCUT2D eigenvalue weighted by atomic mass is 9.98. The Morgan fingerprint density at radius 1 is 0.957 bits per heavy atom. The van der Waals surface area contributed by atoms with Crippen molar-refractivity contribution >= 4 is 22.1 Å². The van der Waals surface area contributed by atoms with Gasteiger partial charge >= 0.3 is 11.9 Å². The van der Waals surface area contributed by atoms with Gasteiger partial charge in [0.25, 0.3) is 10.1 Å². The molecule has 1 atom stereocenters. The molecule has 0 aromatic heterocycles. The van der Waals surface area contributed by atoms with Crippen molar-refractivity contribution in [2.75, 3.05) is 13.2 Å². The molecule has 0 saturated carbocycles. The fourth-order valence-electron chi connectivity index (χ4n) is 1.20. The number of rotatable bonds is 6. The lowest BCUT2D eigenvalue weighted by Gasteiger charge is -2.21. The first kappa shape index (κ1) is 24.1. The number of esters is 2. The summed E-state index contributed by atoms with van der Waals surface area (Å²) in [6, 6.07) is 0. The van der Waals surface area contributed by atoms with Crippen molar-refractivity contribution in [2.45, 2.75) is 53.2 Å². The summed E-state index contributed by atoms with van der Waals surface area (Å²) in [6.45, 7) is 10.9. The Labute approximate surface area is 138 Å². The minimum atomic E-state index is -4.76. The predicted molar refractivity (Wildman–Crippen MR) is 85.8 cm³/mol. The maximum absolute atomic E-state index is 11.8. The molecule has 0 heterocycles. The van der Waals surface area contributed by atoms with Gasteiger partial charge in [0.2, 0.25) is 0 Å². The Morgan fingerprint density at radius 3 is 1.70 bits per heavy atom. The van der Waals surface area contributed by atoms with Crippen LogP contribution < -0.4 is 6.15 Å². The van der Waals surface area contributed by atoms with E-state index in [9.17, 15) is 18.0 Å². The van der Waals surface area contributed by atoms with E-state index in [1.54, 1.807) is 20.8 Å². The molecule has 0 amide bonds. The molecule has 0 aromatic rings. The molecule has 0 aliphatic carbocycles. The quantitative estimate of drug-likeness (QED) is 0.544. The number of ether oxygens (including phenoxy) is 2. The zero-order valence-electron chi connectivity index (χ0n) is 14.7. The van der Waals surface area contributed by atoms with Gasteiger partial charge in [-0.25, -0.2) is 0 Å². The van der Waals surface area contributed by atoms with E-state index in [0.29, 0.717) is 0 Å². The Balaban J connectivity index is 0. The molecular formula is C14H29NO7S. The fourth-order valence-corrected chi connectivity index (χ4v) is 1.86. The average Bonchev–Trinajstić information content (AvgIpc) is 2.27.